The summed E-state index contributed by atoms with van der Waals surface area (Å²) in [4.78, 5) is 2.28. The van der Waals surface area contributed by atoms with Crippen molar-refractivity contribution in [2.75, 3.05) is 5.75 Å². The zero-order valence-corrected chi connectivity index (χ0v) is 8.97. The van der Waals surface area contributed by atoms with Crippen LogP contribution in [0.5, 0.6) is 0 Å². The van der Waals surface area contributed by atoms with E-state index in [0.29, 0.717) is 0 Å². The second-order valence-corrected chi connectivity index (χ2v) is 4.40. The molecule has 0 aromatic heterocycles. The van der Waals surface area contributed by atoms with Gasteiger partial charge in [0, 0.05) is 15.3 Å². The molecule has 0 radical (unpaired) electrons. The average Bonchev–Trinajstić information content (AvgIpc) is 2.05. The van der Waals surface area contributed by atoms with E-state index >= 15 is 0 Å². The summed E-state index contributed by atoms with van der Waals surface area (Å²) in [7, 11) is 0. The van der Waals surface area contributed by atoms with Crippen molar-refractivity contribution in [2.24, 2.45) is 0 Å². The van der Waals surface area contributed by atoms with Crippen LogP contribution < -0.4 is 0 Å². The van der Waals surface area contributed by atoms with E-state index in [1.807, 2.05) is 24.8 Å². The van der Waals surface area contributed by atoms with Gasteiger partial charge in [-0.1, -0.05) is 37.3 Å². The summed E-state index contributed by atoms with van der Waals surface area (Å²) in [6.07, 6.45) is 0. The monoisotopic (exact) mass is 196 g/mol. The minimum atomic E-state index is 0.978. The lowest BCUT2D eigenvalue weighted by atomic mass is 10.2. The molecule has 0 atom stereocenters. The summed E-state index contributed by atoms with van der Waals surface area (Å²) < 4.78 is 0. The maximum Gasteiger partial charge on any atom is 0.0204 e. The third-order valence-electron chi connectivity index (χ3n) is 1.57. The maximum absolute atomic E-state index is 5.15. The molecule has 0 heterocycles. The van der Waals surface area contributed by atoms with E-state index in [9.17, 15) is 0 Å². The van der Waals surface area contributed by atoms with Gasteiger partial charge in [0.15, 0.2) is 0 Å². The molecule has 0 saturated heterocycles. The SMILES string of the molecule is CCSc1ccccc1C(C)=S. The molecule has 0 unspecified atom stereocenters. The van der Waals surface area contributed by atoms with Gasteiger partial charge in [0.25, 0.3) is 0 Å². The minimum absolute atomic E-state index is 0.978. The Morgan fingerprint density at radius 1 is 1.42 bits per heavy atom. The van der Waals surface area contributed by atoms with Crippen LogP contribution in [0.1, 0.15) is 19.4 Å². The Morgan fingerprint density at radius 3 is 2.67 bits per heavy atom. The molecule has 64 valence electrons. The highest BCUT2D eigenvalue weighted by Gasteiger charge is 2.01. The van der Waals surface area contributed by atoms with E-state index in [0.717, 1.165) is 10.6 Å². The van der Waals surface area contributed by atoms with Crippen LogP contribution in [0.15, 0.2) is 29.2 Å². The second kappa shape index (κ2) is 4.63. The Balaban J connectivity index is 3.00. The van der Waals surface area contributed by atoms with Gasteiger partial charge in [-0.15, -0.1) is 11.8 Å². The molecule has 0 fully saturated rings. The first-order chi connectivity index (χ1) is 5.75. The van der Waals surface area contributed by atoms with Gasteiger partial charge < -0.3 is 0 Å². The molecule has 2 heteroatoms. The van der Waals surface area contributed by atoms with Crippen molar-refractivity contribution >= 4 is 28.8 Å². The fourth-order valence-electron chi connectivity index (χ4n) is 1.04. The van der Waals surface area contributed by atoms with Crippen molar-refractivity contribution in [2.45, 2.75) is 18.7 Å². The molecule has 0 N–H and O–H groups in total. The predicted molar refractivity (Wildman–Crippen MR) is 60.2 cm³/mol. The van der Waals surface area contributed by atoms with Crippen molar-refractivity contribution in [3.8, 4) is 0 Å². The zero-order valence-electron chi connectivity index (χ0n) is 7.33. The molecular weight excluding hydrogens is 184 g/mol. The van der Waals surface area contributed by atoms with E-state index in [1.165, 1.54) is 10.5 Å². The van der Waals surface area contributed by atoms with Crippen LogP contribution in [0.3, 0.4) is 0 Å². The number of rotatable bonds is 3. The van der Waals surface area contributed by atoms with Crippen molar-refractivity contribution in [3.63, 3.8) is 0 Å². The normalized spacial score (nSPS) is 9.83. The maximum atomic E-state index is 5.15. The van der Waals surface area contributed by atoms with Gasteiger partial charge in [-0.25, -0.2) is 0 Å². The highest BCUT2D eigenvalue weighted by atomic mass is 32.2. The Labute approximate surface area is 83.4 Å². The van der Waals surface area contributed by atoms with Crippen LogP contribution >= 0.6 is 24.0 Å². The molecule has 1 rings (SSSR count). The highest BCUT2D eigenvalue weighted by molar-refractivity contribution is 7.99. The lowest BCUT2D eigenvalue weighted by molar-refractivity contribution is 1.40. The molecular formula is C10H12S2. The first-order valence-electron chi connectivity index (χ1n) is 3.98. The summed E-state index contributed by atoms with van der Waals surface area (Å²) >= 11 is 6.99. The fourth-order valence-corrected chi connectivity index (χ4v) is 2.14. The van der Waals surface area contributed by atoms with Crippen LogP contribution in [0.25, 0.3) is 0 Å². The third-order valence-corrected chi connectivity index (χ3v) is 2.74. The first kappa shape index (κ1) is 9.75. The lowest BCUT2D eigenvalue weighted by Gasteiger charge is -2.05. The number of thioether (sulfide) groups is 1. The standard InChI is InChI=1S/C10H12S2/c1-3-12-10-7-5-4-6-9(10)8(2)11/h4-7H,3H2,1-2H3. The summed E-state index contributed by atoms with van der Waals surface area (Å²) in [5.74, 6) is 1.10. The highest BCUT2D eigenvalue weighted by Crippen LogP contribution is 2.22. The molecule has 12 heavy (non-hydrogen) atoms. The zero-order chi connectivity index (χ0) is 8.97. The predicted octanol–water partition coefficient (Wildman–Crippen LogP) is 3.54. The van der Waals surface area contributed by atoms with Crippen molar-refractivity contribution in [3.05, 3.63) is 29.8 Å². The molecule has 0 saturated carbocycles. The largest absolute Gasteiger partial charge is 0.126 e. The summed E-state index contributed by atoms with van der Waals surface area (Å²) in [5.41, 5.74) is 1.21. The number of hydrogen-bond acceptors (Lipinski definition) is 2. The summed E-state index contributed by atoms with van der Waals surface area (Å²) in [6, 6.07) is 8.30. The van der Waals surface area contributed by atoms with Crippen LogP contribution in [-0.4, -0.2) is 10.6 Å². The summed E-state index contributed by atoms with van der Waals surface area (Å²) in [6.45, 7) is 4.13. The molecule has 0 spiro atoms. The Kier molecular flexibility index (Phi) is 3.76. The van der Waals surface area contributed by atoms with Crippen LogP contribution in [0.4, 0.5) is 0 Å². The van der Waals surface area contributed by atoms with Gasteiger partial charge in [-0.05, 0) is 18.7 Å². The topological polar surface area (TPSA) is 0 Å². The molecule has 0 amide bonds. The number of benzene rings is 1. The van der Waals surface area contributed by atoms with E-state index in [-0.39, 0.29) is 0 Å². The number of hydrogen-bond donors (Lipinski definition) is 0. The minimum Gasteiger partial charge on any atom is -0.126 e. The van der Waals surface area contributed by atoms with E-state index in [1.54, 1.807) is 0 Å². The van der Waals surface area contributed by atoms with Crippen molar-refractivity contribution in [1.29, 1.82) is 0 Å². The Morgan fingerprint density at radius 2 is 2.08 bits per heavy atom. The van der Waals surface area contributed by atoms with Gasteiger partial charge in [-0.3, -0.25) is 0 Å². The Hall–Kier alpha value is -0.340. The fraction of sp³-hybridized carbons (Fsp3) is 0.300. The van der Waals surface area contributed by atoms with Crippen molar-refractivity contribution < 1.29 is 0 Å². The van der Waals surface area contributed by atoms with Gasteiger partial charge in [0.2, 0.25) is 0 Å². The molecule has 0 aliphatic rings. The van der Waals surface area contributed by atoms with Crippen LogP contribution in [0, 0.1) is 0 Å². The van der Waals surface area contributed by atoms with E-state index in [4.69, 9.17) is 12.2 Å². The molecule has 0 bridgehead atoms. The van der Waals surface area contributed by atoms with Crippen LogP contribution in [0.2, 0.25) is 0 Å². The second-order valence-electron chi connectivity index (χ2n) is 2.49. The third kappa shape index (κ3) is 2.32. The Bertz CT molecular complexity index is 279. The quantitative estimate of drug-likeness (QED) is 0.412. The molecule has 1 aromatic rings. The smallest absolute Gasteiger partial charge is 0.0204 e. The average molecular weight is 196 g/mol. The van der Waals surface area contributed by atoms with Gasteiger partial charge >= 0.3 is 0 Å². The molecule has 0 nitrogen and oxygen atoms in total. The first-order valence-corrected chi connectivity index (χ1v) is 5.38. The molecule has 0 aliphatic carbocycles. The van der Waals surface area contributed by atoms with Gasteiger partial charge in [0.05, 0.1) is 0 Å². The van der Waals surface area contributed by atoms with Gasteiger partial charge in [-0.2, -0.15) is 0 Å². The summed E-state index contributed by atoms with van der Waals surface area (Å²) in [5, 5.41) is 0. The molecule has 0 aliphatic heterocycles. The van der Waals surface area contributed by atoms with Crippen LogP contribution in [-0.2, 0) is 0 Å². The molecule has 1 aromatic carbocycles. The van der Waals surface area contributed by atoms with Crippen molar-refractivity contribution in [1.82, 2.24) is 0 Å². The van der Waals surface area contributed by atoms with E-state index in [2.05, 4.69) is 25.1 Å². The lowest BCUT2D eigenvalue weighted by Crippen LogP contribution is -1.92. The van der Waals surface area contributed by atoms with Gasteiger partial charge in [0.1, 0.15) is 0 Å². The number of thiocarbonyl (C=S) groups is 1. The van der Waals surface area contributed by atoms with E-state index < -0.39 is 0 Å².